The summed E-state index contributed by atoms with van der Waals surface area (Å²) >= 11 is 0. The van der Waals surface area contributed by atoms with Gasteiger partial charge in [-0.1, -0.05) is 58.0 Å². The lowest BCUT2D eigenvalue weighted by molar-refractivity contribution is -0.118. The molecule has 0 spiro atoms. The van der Waals surface area contributed by atoms with Gasteiger partial charge in [-0.05, 0) is 25.5 Å². The van der Waals surface area contributed by atoms with E-state index >= 15 is 0 Å². The third kappa shape index (κ3) is 3.98. The van der Waals surface area contributed by atoms with Crippen molar-refractivity contribution in [1.82, 2.24) is 4.57 Å². The average molecular weight is 313 g/mol. The zero-order valence-corrected chi connectivity index (χ0v) is 14.8. The highest BCUT2D eigenvalue weighted by atomic mass is 16.1. The molecular weight excluding hydrogens is 286 g/mol. The summed E-state index contributed by atoms with van der Waals surface area (Å²) in [6, 6.07) is 13.0. The van der Waals surface area contributed by atoms with Crippen LogP contribution in [0, 0.1) is 0 Å². The summed E-state index contributed by atoms with van der Waals surface area (Å²) in [4.78, 5) is 24.0. The average Bonchev–Trinajstić information content (AvgIpc) is 3.20. The number of carbonyl (C=O) groups excluding carboxylic acids is 2. The first kappa shape index (κ1) is 18.9. The molecule has 1 aromatic heterocycles. The van der Waals surface area contributed by atoms with E-state index in [-0.39, 0.29) is 17.5 Å². The van der Waals surface area contributed by atoms with Crippen LogP contribution in [0.25, 0.3) is 0 Å². The first-order chi connectivity index (χ1) is 11.2. The van der Waals surface area contributed by atoms with E-state index in [2.05, 4.69) is 0 Å². The lowest BCUT2D eigenvalue weighted by atomic mass is 10.0. The van der Waals surface area contributed by atoms with Crippen molar-refractivity contribution in [3.8, 4) is 0 Å². The zero-order chi connectivity index (χ0) is 17.4. The Bertz CT molecular complexity index is 641. The normalized spacial score (nSPS) is 14.7. The van der Waals surface area contributed by atoms with Gasteiger partial charge in [-0.15, -0.1) is 0 Å². The Labute approximate surface area is 139 Å². The number of hydrogen-bond donors (Lipinski definition) is 0. The molecule has 3 heteroatoms. The third-order valence-electron chi connectivity index (χ3n) is 3.77. The second-order valence-electron chi connectivity index (χ2n) is 4.94. The van der Waals surface area contributed by atoms with Crippen LogP contribution in [0.5, 0.6) is 0 Å². The zero-order valence-electron chi connectivity index (χ0n) is 14.8. The fourth-order valence-corrected chi connectivity index (χ4v) is 2.79. The van der Waals surface area contributed by atoms with Crippen molar-refractivity contribution in [3.05, 3.63) is 59.4 Å². The van der Waals surface area contributed by atoms with Crippen molar-refractivity contribution in [1.29, 1.82) is 0 Å². The van der Waals surface area contributed by atoms with E-state index in [1.807, 2.05) is 74.7 Å². The van der Waals surface area contributed by atoms with Gasteiger partial charge in [0.2, 0.25) is 5.78 Å². The summed E-state index contributed by atoms with van der Waals surface area (Å²) in [5.74, 6) is 0.156. The van der Waals surface area contributed by atoms with Gasteiger partial charge in [0.1, 0.15) is 5.78 Å². The molecule has 124 valence electrons. The van der Waals surface area contributed by atoms with E-state index in [4.69, 9.17) is 0 Å². The van der Waals surface area contributed by atoms with Crippen LogP contribution in [0.15, 0.2) is 42.5 Å². The van der Waals surface area contributed by atoms with Gasteiger partial charge in [0, 0.05) is 17.8 Å². The Morgan fingerprint density at radius 2 is 1.57 bits per heavy atom. The fraction of sp³-hybridized carbons (Fsp3) is 0.400. The van der Waals surface area contributed by atoms with Gasteiger partial charge >= 0.3 is 0 Å². The van der Waals surface area contributed by atoms with E-state index < -0.39 is 0 Å². The molecule has 3 rings (SSSR count). The van der Waals surface area contributed by atoms with Crippen molar-refractivity contribution in [2.24, 2.45) is 0 Å². The maximum absolute atomic E-state index is 12.4. The molecule has 1 unspecified atom stereocenters. The molecule has 1 aromatic carbocycles. The van der Waals surface area contributed by atoms with E-state index in [1.54, 1.807) is 6.92 Å². The summed E-state index contributed by atoms with van der Waals surface area (Å²) in [5.41, 5.74) is 2.35. The minimum atomic E-state index is -0.0441. The fourth-order valence-electron chi connectivity index (χ4n) is 2.79. The molecular formula is C20H27NO2. The molecule has 0 amide bonds. The van der Waals surface area contributed by atoms with Crippen molar-refractivity contribution in [2.45, 2.75) is 53.5 Å². The van der Waals surface area contributed by atoms with E-state index in [0.717, 1.165) is 18.7 Å². The summed E-state index contributed by atoms with van der Waals surface area (Å²) in [6.07, 6.45) is 0.806. The van der Waals surface area contributed by atoms with Crippen LogP contribution in [0.4, 0.5) is 0 Å². The minimum absolute atomic E-state index is 0.0241. The van der Waals surface area contributed by atoms with Gasteiger partial charge < -0.3 is 4.57 Å². The molecule has 1 atom stereocenters. The van der Waals surface area contributed by atoms with Gasteiger partial charge in [-0.3, -0.25) is 9.59 Å². The van der Waals surface area contributed by atoms with Gasteiger partial charge in [-0.25, -0.2) is 0 Å². The molecule has 0 saturated carbocycles. The highest BCUT2D eigenvalue weighted by molar-refractivity contribution is 6.08. The Morgan fingerprint density at radius 1 is 0.957 bits per heavy atom. The van der Waals surface area contributed by atoms with Crippen LogP contribution < -0.4 is 0 Å². The van der Waals surface area contributed by atoms with Crippen LogP contribution in [0.3, 0.4) is 0 Å². The highest BCUT2D eigenvalue weighted by Gasteiger charge is 2.29. The number of ketones is 2. The van der Waals surface area contributed by atoms with E-state index in [9.17, 15) is 9.59 Å². The van der Waals surface area contributed by atoms with E-state index in [1.165, 1.54) is 0 Å². The topological polar surface area (TPSA) is 39.1 Å². The first-order valence-corrected chi connectivity index (χ1v) is 8.48. The quantitative estimate of drug-likeness (QED) is 0.760. The Balaban J connectivity index is 0.000000615. The first-order valence-electron chi connectivity index (χ1n) is 8.48. The summed E-state index contributed by atoms with van der Waals surface area (Å²) < 4.78 is 1.99. The summed E-state index contributed by atoms with van der Waals surface area (Å²) in [7, 11) is 0. The van der Waals surface area contributed by atoms with Crippen molar-refractivity contribution >= 4 is 11.6 Å². The number of aromatic nitrogens is 1. The minimum Gasteiger partial charge on any atom is -0.341 e. The standard InChI is InChI=1S/C16H15NO2.2C2H6/c1-11(18)13-9-10-17-14(13)7-8-15(17)16(19)12-5-3-2-4-6-12;2*1-2/h2-8,13H,9-10H2,1H3;2*1-2H3. The molecule has 0 bridgehead atoms. The Hall–Kier alpha value is -2.16. The van der Waals surface area contributed by atoms with Crippen LogP contribution >= 0.6 is 0 Å². The molecule has 2 heterocycles. The van der Waals surface area contributed by atoms with Gasteiger partial charge in [0.25, 0.3) is 0 Å². The highest BCUT2D eigenvalue weighted by Crippen LogP contribution is 2.31. The Morgan fingerprint density at radius 3 is 2.13 bits per heavy atom. The van der Waals surface area contributed by atoms with Gasteiger partial charge in [-0.2, -0.15) is 0 Å². The van der Waals surface area contributed by atoms with Crippen LogP contribution in [0.1, 0.15) is 68.7 Å². The molecule has 23 heavy (non-hydrogen) atoms. The van der Waals surface area contributed by atoms with Crippen molar-refractivity contribution in [2.75, 3.05) is 0 Å². The lowest BCUT2D eigenvalue weighted by Gasteiger charge is -2.05. The largest absolute Gasteiger partial charge is 0.341 e. The smallest absolute Gasteiger partial charge is 0.209 e. The maximum Gasteiger partial charge on any atom is 0.209 e. The molecule has 2 aromatic rings. The molecule has 0 aliphatic carbocycles. The number of carbonyl (C=O) groups is 2. The molecule has 0 radical (unpaired) electrons. The van der Waals surface area contributed by atoms with Crippen LogP contribution in [0.2, 0.25) is 0 Å². The number of benzene rings is 1. The van der Waals surface area contributed by atoms with Crippen LogP contribution in [-0.4, -0.2) is 16.1 Å². The second kappa shape index (κ2) is 9.09. The second-order valence-corrected chi connectivity index (χ2v) is 4.94. The number of fused-ring (bicyclic) bond motifs is 1. The summed E-state index contributed by atoms with van der Waals surface area (Å²) in [6.45, 7) is 10.4. The number of hydrogen-bond acceptors (Lipinski definition) is 2. The SMILES string of the molecule is CC.CC.CC(=O)C1CCn2c(C(=O)c3ccccc3)ccc21. The monoisotopic (exact) mass is 313 g/mol. The molecule has 1 aliphatic heterocycles. The Kier molecular flexibility index (Phi) is 7.46. The summed E-state index contributed by atoms with van der Waals surface area (Å²) in [5, 5.41) is 0. The van der Waals surface area contributed by atoms with Gasteiger partial charge in [0.15, 0.2) is 0 Å². The lowest BCUT2D eigenvalue weighted by Crippen LogP contribution is -2.09. The van der Waals surface area contributed by atoms with Gasteiger partial charge in [0.05, 0.1) is 11.6 Å². The third-order valence-corrected chi connectivity index (χ3v) is 3.77. The van der Waals surface area contributed by atoms with Crippen molar-refractivity contribution < 1.29 is 9.59 Å². The molecule has 3 nitrogen and oxygen atoms in total. The van der Waals surface area contributed by atoms with Crippen molar-refractivity contribution in [3.63, 3.8) is 0 Å². The predicted octanol–water partition coefficient (Wildman–Crippen LogP) is 4.85. The number of nitrogens with zero attached hydrogens (tertiary/aromatic N) is 1. The molecule has 1 aliphatic rings. The molecule has 0 saturated heterocycles. The number of Topliss-reactive ketones (excluding diaryl/α,β-unsaturated/α-hetero) is 1. The molecule has 0 N–H and O–H groups in total. The van der Waals surface area contributed by atoms with Crippen LogP contribution in [-0.2, 0) is 11.3 Å². The maximum atomic E-state index is 12.4. The number of rotatable bonds is 3. The van der Waals surface area contributed by atoms with E-state index in [0.29, 0.717) is 11.3 Å². The molecule has 0 fully saturated rings. The predicted molar refractivity (Wildman–Crippen MR) is 95.0 cm³/mol.